The van der Waals surface area contributed by atoms with Crippen molar-refractivity contribution in [3.8, 4) is 0 Å². The lowest BCUT2D eigenvalue weighted by atomic mass is 10.2. The Balaban J connectivity index is 2.21. The van der Waals surface area contributed by atoms with E-state index in [-0.39, 0.29) is 12.6 Å². The Morgan fingerprint density at radius 2 is 2.05 bits per heavy atom. The van der Waals surface area contributed by atoms with Crippen LogP contribution in [0.15, 0.2) is 30.5 Å². The fraction of sp³-hybridized carbons (Fsp3) is 0.412. The van der Waals surface area contributed by atoms with Gasteiger partial charge in [0, 0.05) is 23.5 Å². The number of nitrogens with zero attached hydrogens (tertiary/aromatic N) is 2. The van der Waals surface area contributed by atoms with Crippen LogP contribution in [0.25, 0.3) is 0 Å². The first kappa shape index (κ1) is 17.0. The van der Waals surface area contributed by atoms with Crippen molar-refractivity contribution >= 4 is 28.6 Å². The largest absolute Gasteiger partial charge is 0.459 e. The van der Waals surface area contributed by atoms with E-state index in [2.05, 4.69) is 63.3 Å². The maximum absolute atomic E-state index is 11.1. The Labute approximate surface area is 145 Å². The molecule has 1 aromatic heterocycles. The van der Waals surface area contributed by atoms with Crippen LogP contribution in [-0.4, -0.2) is 15.5 Å². The predicted octanol–water partition coefficient (Wildman–Crippen LogP) is 3.94. The third-order valence-corrected chi connectivity index (χ3v) is 4.17. The molecule has 0 N–H and O–H groups in total. The molecule has 0 unspecified atom stereocenters. The number of ether oxygens (including phenoxy) is 1. The zero-order valence-electron chi connectivity index (χ0n) is 13.0. The van der Waals surface area contributed by atoms with Gasteiger partial charge in [-0.2, -0.15) is 0 Å². The molecule has 0 saturated carbocycles. The van der Waals surface area contributed by atoms with Crippen LogP contribution in [0, 0.1) is 3.57 Å². The summed E-state index contributed by atoms with van der Waals surface area (Å²) in [7, 11) is 0. The summed E-state index contributed by atoms with van der Waals surface area (Å²) in [6.45, 7) is 4.63. The minimum absolute atomic E-state index is 0.267. The quantitative estimate of drug-likeness (QED) is 0.511. The highest BCUT2D eigenvalue weighted by molar-refractivity contribution is 14.1. The number of benzene rings is 1. The van der Waals surface area contributed by atoms with Crippen LogP contribution >= 0.6 is 22.6 Å². The molecule has 5 heteroatoms. The van der Waals surface area contributed by atoms with Gasteiger partial charge in [0.05, 0.1) is 11.9 Å². The molecule has 2 rings (SSSR count). The summed E-state index contributed by atoms with van der Waals surface area (Å²) in [6, 6.07) is 8.45. The number of carbonyl (C=O) groups is 1. The van der Waals surface area contributed by atoms with Gasteiger partial charge in [0.25, 0.3) is 0 Å². The maximum Gasteiger partial charge on any atom is 0.303 e. The molecule has 1 aromatic carbocycles. The number of esters is 1. The van der Waals surface area contributed by atoms with Crippen LogP contribution < -0.4 is 0 Å². The molecule has 0 aliphatic rings. The molecule has 0 amide bonds. The molecule has 0 spiro atoms. The van der Waals surface area contributed by atoms with Crippen molar-refractivity contribution in [2.75, 3.05) is 0 Å². The van der Waals surface area contributed by atoms with E-state index in [1.165, 1.54) is 16.1 Å². The van der Waals surface area contributed by atoms with E-state index >= 15 is 0 Å². The van der Waals surface area contributed by atoms with Crippen LogP contribution in [0.4, 0.5) is 0 Å². The summed E-state index contributed by atoms with van der Waals surface area (Å²) in [4.78, 5) is 15.6. The van der Waals surface area contributed by atoms with Gasteiger partial charge in [-0.3, -0.25) is 4.79 Å². The molecule has 2 aromatic rings. The first-order chi connectivity index (χ1) is 10.6. The highest BCUT2D eigenvalue weighted by atomic mass is 127. The summed E-state index contributed by atoms with van der Waals surface area (Å²) in [5.74, 6) is 0.791. The number of unbranched alkanes of at least 4 members (excludes halogenated alkanes) is 1. The summed E-state index contributed by atoms with van der Waals surface area (Å²) >= 11 is 2.30. The number of halogens is 1. The summed E-state index contributed by atoms with van der Waals surface area (Å²) in [5.41, 5.74) is 2.17. The predicted molar refractivity (Wildman–Crippen MR) is 94.6 cm³/mol. The summed E-state index contributed by atoms with van der Waals surface area (Å²) in [6.07, 6.45) is 5.01. The Morgan fingerprint density at radius 3 is 2.68 bits per heavy atom. The lowest BCUT2D eigenvalue weighted by Crippen LogP contribution is -2.11. The van der Waals surface area contributed by atoms with Crippen molar-refractivity contribution in [1.29, 1.82) is 0 Å². The normalized spacial score (nSPS) is 10.7. The van der Waals surface area contributed by atoms with E-state index in [1.807, 2.05) is 6.20 Å². The number of rotatable bonds is 7. The zero-order valence-corrected chi connectivity index (χ0v) is 15.2. The first-order valence-corrected chi connectivity index (χ1v) is 8.59. The van der Waals surface area contributed by atoms with Gasteiger partial charge in [0.15, 0.2) is 0 Å². The van der Waals surface area contributed by atoms with Gasteiger partial charge in [0.2, 0.25) is 0 Å². The number of aryl methyl sites for hydroxylation is 1. The van der Waals surface area contributed by atoms with Crippen molar-refractivity contribution in [3.05, 3.63) is 51.1 Å². The second-order valence-corrected chi connectivity index (χ2v) is 6.51. The van der Waals surface area contributed by atoms with Crippen molar-refractivity contribution in [2.45, 2.75) is 46.3 Å². The SMILES string of the molecule is CCCCc1ncc(COC(C)=O)n1Cc1ccc(I)cc1. The van der Waals surface area contributed by atoms with Crippen LogP contribution in [0.1, 0.15) is 43.8 Å². The van der Waals surface area contributed by atoms with Crippen molar-refractivity contribution in [3.63, 3.8) is 0 Å². The molecular formula is C17H21IN2O2. The van der Waals surface area contributed by atoms with E-state index in [1.54, 1.807) is 0 Å². The third kappa shape index (κ3) is 4.83. The van der Waals surface area contributed by atoms with Crippen LogP contribution in [0.2, 0.25) is 0 Å². The molecule has 22 heavy (non-hydrogen) atoms. The van der Waals surface area contributed by atoms with E-state index in [4.69, 9.17) is 4.74 Å². The zero-order chi connectivity index (χ0) is 15.9. The van der Waals surface area contributed by atoms with E-state index in [0.717, 1.165) is 37.3 Å². The number of hydrogen-bond acceptors (Lipinski definition) is 3. The van der Waals surface area contributed by atoms with Gasteiger partial charge in [-0.05, 0) is 46.7 Å². The third-order valence-electron chi connectivity index (χ3n) is 3.45. The minimum atomic E-state index is -0.267. The van der Waals surface area contributed by atoms with Crippen LogP contribution in [0.3, 0.4) is 0 Å². The highest BCUT2D eigenvalue weighted by Gasteiger charge is 2.11. The topological polar surface area (TPSA) is 44.1 Å². The molecule has 4 nitrogen and oxygen atoms in total. The van der Waals surface area contributed by atoms with Crippen molar-refractivity contribution in [2.24, 2.45) is 0 Å². The van der Waals surface area contributed by atoms with Gasteiger partial charge in [-0.1, -0.05) is 25.5 Å². The standard InChI is InChI=1S/C17H21IN2O2/c1-3-4-5-17-19-10-16(12-22-13(2)21)20(17)11-14-6-8-15(18)9-7-14/h6-10H,3-5,11-12H2,1-2H3. The van der Waals surface area contributed by atoms with E-state index < -0.39 is 0 Å². The van der Waals surface area contributed by atoms with Gasteiger partial charge in [0.1, 0.15) is 12.4 Å². The van der Waals surface area contributed by atoms with Crippen LogP contribution in [0.5, 0.6) is 0 Å². The Hall–Kier alpha value is -1.37. The molecule has 118 valence electrons. The lowest BCUT2D eigenvalue weighted by Gasteiger charge is -2.12. The summed E-state index contributed by atoms with van der Waals surface area (Å²) in [5, 5.41) is 0. The molecule has 0 fully saturated rings. The second kappa shape index (κ2) is 8.31. The monoisotopic (exact) mass is 412 g/mol. The van der Waals surface area contributed by atoms with Crippen LogP contribution in [-0.2, 0) is 29.1 Å². The first-order valence-electron chi connectivity index (χ1n) is 7.51. The van der Waals surface area contributed by atoms with Gasteiger partial charge >= 0.3 is 5.97 Å². The molecule has 0 aliphatic carbocycles. The molecule has 0 aliphatic heterocycles. The highest BCUT2D eigenvalue weighted by Crippen LogP contribution is 2.15. The molecule has 1 heterocycles. The molecule has 0 bridgehead atoms. The number of aromatic nitrogens is 2. The van der Waals surface area contributed by atoms with E-state index in [9.17, 15) is 4.79 Å². The molecule has 0 radical (unpaired) electrons. The number of hydrogen-bond donors (Lipinski definition) is 0. The lowest BCUT2D eigenvalue weighted by molar-refractivity contribution is -0.142. The minimum Gasteiger partial charge on any atom is -0.459 e. The van der Waals surface area contributed by atoms with Gasteiger partial charge in [-0.25, -0.2) is 4.98 Å². The van der Waals surface area contributed by atoms with Gasteiger partial charge < -0.3 is 9.30 Å². The summed E-state index contributed by atoms with van der Waals surface area (Å²) < 4.78 is 8.53. The average molecular weight is 412 g/mol. The Bertz CT molecular complexity index is 620. The fourth-order valence-corrected chi connectivity index (χ4v) is 2.60. The Morgan fingerprint density at radius 1 is 1.32 bits per heavy atom. The van der Waals surface area contributed by atoms with Gasteiger partial charge in [-0.15, -0.1) is 0 Å². The van der Waals surface area contributed by atoms with Crippen molar-refractivity contribution < 1.29 is 9.53 Å². The molecule has 0 saturated heterocycles. The Kier molecular flexibility index (Phi) is 6.42. The van der Waals surface area contributed by atoms with E-state index in [0.29, 0.717) is 0 Å². The smallest absolute Gasteiger partial charge is 0.303 e. The second-order valence-electron chi connectivity index (χ2n) is 5.26. The molecule has 0 atom stereocenters. The number of imidazole rings is 1. The average Bonchev–Trinajstić information content (AvgIpc) is 2.87. The van der Waals surface area contributed by atoms with Crippen molar-refractivity contribution in [1.82, 2.24) is 9.55 Å². The molecular weight excluding hydrogens is 391 g/mol. The maximum atomic E-state index is 11.1. The fourth-order valence-electron chi connectivity index (χ4n) is 2.24. The number of carbonyl (C=O) groups excluding carboxylic acids is 1.